The highest BCUT2D eigenvalue weighted by Gasteiger charge is 2.32. The van der Waals surface area contributed by atoms with Crippen molar-refractivity contribution in [1.29, 1.82) is 0 Å². The Bertz CT molecular complexity index is 909. The first-order chi connectivity index (χ1) is 13.2. The average molecular weight is 379 g/mol. The highest BCUT2D eigenvalue weighted by Crippen LogP contribution is 2.36. The minimum Gasteiger partial charge on any atom is -0.497 e. The highest BCUT2D eigenvalue weighted by atomic mass is 32.1. The van der Waals surface area contributed by atoms with Crippen LogP contribution in [0.2, 0.25) is 0 Å². The molecule has 1 aromatic heterocycles. The molecule has 2 aromatic carbocycles. The number of urea groups is 1. The summed E-state index contributed by atoms with van der Waals surface area (Å²) >= 11 is 1.62. The molecule has 1 aliphatic rings. The molecule has 2 amide bonds. The first kappa shape index (κ1) is 17.5. The van der Waals surface area contributed by atoms with Gasteiger partial charge in [-0.2, -0.15) is 0 Å². The number of hydrogen-bond acceptors (Lipinski definition) is 4. The summed E-state index contributed by atoms with van der Waals surface area (Å²) in [5.74, 6) is 0.767. The third kappa shape index (κ3) is 3.80. The molecule has 1 saturated heterocycles. The Morgan fingerprint density at radius 1 is 1.19 bits per heavy atom. The maximum atomic E-state index is 12.8. The lowest BCUT2D eigenvalue weighted by Gasteiger charge is -2.23. The van der Waals surface area contributed by atoms with Gasteiger partial charge in [-0.05, 0) is 37.1 Å². The molecule has 138 valence electrons. The molecule has 0 bridgehead atoms. The number of ether oxygens (including phenoxy) is 1. The van der Waals surface area contributed by atoms with Crippen LogP contribution in [-0.2, 0) is 0 Å². The van der Waals surface area contributed by atoms with Crippen LogP contribution in [0.1, 0.15) is 23.9 Å². The van der Waals surface area contributed by atoms with Crippen LogP contribution in [0.25, 0.3) is 11.3 Å². The van der Waals surface area contributed by atoms with E-state index in [1.54, 1.807) is 18.4 Å². The number of aromatic nitrogens is 1. The zero-order chi connectivity index (χ0) is 18.6. The quantitative estimate of drug-likeness (QED) is 0.679. The van der Waals surface area contributed by atoms with Crippen molar-refractivity contribution in [2.75, 3.05) is 19.0 Å². The SMILES string of the molecule is COc1ccc(NC(=O)N2CCC[C@H]2c2nc(-c3ccccc3)cs2)cc1. The highest BCUT2D eigenvalue weighted by molar-refractivity contribution is 7.10. The van der Waals surface area contributed by atoms with E-state index in [1.165, 1.54) is 0 Å². The maximum Gasteiger partial charge on any atom is 0.322 e. The standard InChI is InChI=1S/C21H21N3O2S/c1-26-17-11-9-16(10-12-17)22-21(25)24-13-5-8-19(24)20-23-18(14-27-20)15-6-3-2-4-7-15/h2-4,6-7,9-12,14,19H,5,8,13H2,1H3,(H,22,25)/t19-/m0/s1. The molecule has 0 aliphatic carbocycles. The van der Waals surface area contributed by atoms with Gasteiger partial charge < -0.3 is 15.0 Å². The number of nitrogens with zero attached hydrogens (tertiary/aromatic N) is 2. The predicted octanol–water partition coefficient (Wildman–Crippen LogP) is 5.19. The molecule has 1 fully saturated rings. The Morgan fingerprint density at radius 2 is 1.96 bits per heavy atom. The molecule has 0 unspecified atom stereocenters. The van der Waals surface area contributed by atoms with Gasteiger partial charge in [-0.25, -0.2) is 9.78 Å². The largest absolute Gasteiger partial charge is 0.497 e. The fourth-order valence-corrected chi connectivity index (χ4v) is 4.29. The smallest absolute Gasteiger partial charge is 0.322 e. The Kier molecular flexibility index (Phi) is 5.07. The third-order valence-electron chi connectivity index (χ3n) is 4.73. The van der Waals surface area contributed by atoms with Crippen molar-refractivity contribution in [1.82, 2.24) is 9.88 Å². The lowest BCUT2D eigenvalue weighted by molar-refractivity contribution is 0.207. The summed E-state index contributed by atoms with van der Waals surface area (Å²) in [5.41, 5.74) is 2.83. The van der Waals surface area contributed by atoms with Gasteiger partial charge >= 0.3 is 6.03 Å². The van der Waals surface area contributed by atoms with Gasteiger partial charge in [-0.3, -0.25) is 0 Å². The Hall–Kier alpha value is -2.86. The summed E-state index contributed by atoms with van der Waals surface area (Å²) in [4.78, 5) is 19.5. The molecule has 2 heterocycles. The van der Waals surface area contributed by atoms with Gasteiger partial charge in [0.2, 0.25) is 0 Å². The molecule has 5 nitrogen and oxygen atoms in total. The Morgan fingerprint density at radius 3 is 2.70 bits per heavy atom. The van der Waals surface area contributed by atoms with Crippen LogP contribution < -0.4 is 10.1 Å². The number of hydrogen-bond donors (Lipinski definition) is 1. The number of amides is 2. The first-order valence-corrected chi connectivity index (χ1v) is 9.85. The molecular formula is C21H21N3O2S. The zero-order valence-electron chi connectivity index (χ0n) is 15.1. The summed E-state index contributed by atoms with van der Waals surface area (Å²) in [6.45, 7) is 0.743. The van der Waals surface area contributed by atoms with Crippen LogP contribution in [-0.4, -0.2) is 29.6 Å². The number of methoxy groups -OCH3 is 1. The third-order valence-corrected chi connectivity index (χ3v) is 5.68. The minimum absolute atomic E-state index is 0.0331. The molecule has 6 heteroatoms. The lowest BCUT2D eigenvalue weighted by atomic mass is 10.2. The Labute approximate surface area is 162 Å². The molecule has 1 N–H and O–H groups in total. The van der Waals surface area contributed by atoms with Crippen LogP contribution in [0.5, 0.6) is 5.75 Å². The summed E-state index contributed by atoms with van der Waals surface area (Å²) < 4.78 is 5.16. The van der Waals surface area contributed by atoms with E-state index in [-0.39, 0.29) is 12.1 Å². The van der Waals surface area contributed by atoms with Crippen LogP contribution in [0.4, 0.5) is 10.5 Å². The Balaban J connectivity index is 1.48. The molecule has 3 aromatic rings. The molecule has 4 rings (SSSR count). The number of rotatable bonds is 4. The van der Waals surface area contributed by atoms with E-state index in [9.17, 15) is 4.79 Å². The van der Waals surface area contributed by atoms with Gasteiger partial charge in [-0.1, -0.05) is 30.3 Å². The van der Waals surface area contributed by atoms with Crippen molar-refractivity contribution in [2.45, 2.75) is 18.9 Å². The van der Waals surface area contributed by atoms with E-state index in [1.807, 2.05) is 47.4 Å². The molecule has 0 saturated carbocycles. The van der Waals surface area contributed by atoms with Gasteiger partial charge in [0, 0.05) is 23.2 Å². The van der Waals surface area contributed by atoms with Crippen molar-refractivity contribution in [3.63, 3.8) is 0 Å². The fourth-order valence-electron chi connectivity index (χ4n) is 3.32. The number of nitrogens with one attached hydrogen (secondary N) is 1. The molecule has 1 atom stereocenters. The summed E-state index contributed by atoms with van der Waals surface area (Å²) in [5, 5.41) is 6.05. The number of carbonyl (C=O) groups is 1. The normalized spacial score (nSPS) is 16.3. The number of carbonyl (C=O) groups excluding carboxylic acids is 1. The second-order valence-electron chi connectivity index (χ2n) is 6.45. The van der Waals surface area contributed by atoms with Crippen LogP contribution in [0.3, 0.4) is 0 Å². The van der Waals surface area contributed by atoms with Crippen molar-refractivity contribution >= 4 is 23.1 Å². The molecule has 0 radical (unpaired) electrons. The van der Waals surface area contributed by atoms with Crippen molar-refractivity contribution in [3.05, 3.63) is 65.0 Å². The second-order valence-corrected chi connectivity index (χ2v) is 7.34. The number of thiazole rings is 1. The van der Waals surface area contributed by atoms with Gasteiger partial charge in [0.05, 0.1) is 18.8 Å². The summed E-state index contributed by atoms with van der Waals surface area (Å²) in [6.07, 6.45) is 1.93. The van der Waals surface area contributed by atoms with Gasteiger partial charge in [-0.15, -0.1) is 11.3 Å². The van der Waals surface area contributed by atoms with E-state index < -0.39 is 0 Å². The second kappa shape index (κ2) is 7.80. The van der Waals surface area contributed by atoms with Gasteiger partial charge in [0.15, 0.2) is 0 Å². The van der Waals surface area contributed by atoms with E-state index in [4.69, 9.17) is 9.72 Å². The fraction of sp³-hybridized carbons (Fsp3) is 0.238. The van der Waals surface area contributed by atoms with Crippen molar-refractivity contribution < 1.29 is 9.53 Å². The molecule has 0 spiro atoms. The van der Waals surface area contributed by atoms with Crippen LogP contribution in [0.15, 0.2) is 60.0 Å². The maximum absolute atomic E-state index is 12.8. The molecule has 27 heavy (non-hydrogen) atoms. The average Bonchev–Trinajstić information content (AvgIpc) is 3.38. The lowest BCUT2D eigenvalue weighted by Crippen LogP contribution is -2.34. The van der Waals surface area contributed by atoms with Crippen LogP contribution >= 0.6 is 11.3 Å². The number of likely N-dealkylation sites (tertiary alicyclic amines) is 1. The first-order valence-electron chi connectivity index (χ1n) is 8.97. The van der Waals surface area contributed by atoms with Gasteiger partial charge in [0.1, 0.15) is 10.8 Å². The van der Waals surface area contributed by atoms with Crippen molar-refractivity contribution in [3.8, 4) is 17.0 Å². The molecule has 1 aliphatic heterocycles. The van der Waals surface area contributed by atoms with Gasteiger partial charge in [0.25, 0.3) is 0 Å². The van der Waals surface area contributed by atoms with E-state index in [2.05, 4.69) is 22.8 Å². The predicted molar refractivity (Wildman–Crippen MR) is 108 cm³/mol. The molecular weight excluding hydrogens is 358 g/mol. The summed E-state index contributed by atoms with van der Waals surface area (Å²) in [7, 11) is 1.63. The van der Waals surface area contributed by atoms with E-state index in [0.717, 1.165) is 47.1 Å². The van der Waals surface area contributed by atoms with E-state index in [0.29, 0.717) is 0 Å². The summed E-state index contributed by atoms with van der Waals surface area (Å²) in [6, 6.07) is 17.5. The van der Waals surface area contributed by atoms with Crippen molar-refractivity contribution in [2.24, 2.45) is 0 Å². The zero-order valence-corrected chi connectivity index (χ0v) is 15.9. The topological polar surface area (TPSA) is 54.5 Å². The monoisotopic (exact) mass is 379 g/mol. The van der Waals surface area contributed by atoms with E-state index >= 15 is 0 Å². The van der Waals surface area contributed by atoms with Crippen LogP contribution in [0, 0.1) is 0 Å². The number of benzene rings is 2. The number of anilines is 1. The minimum atomic E-state index is -0.0841.